The van der Waals surface area contributed by atoms with E-state index >= 15 is 0 Å². The number of H-pyrrole nitrogens is 1. The van der Waals surface area contributed by atoms with Gasteiger partial charge in [0.2, 0.25) is 0 Å². The lowest BCUT2D eigenvalue weighted by atomic mass is 10.1. The monoisotopic (exact) mass is 358 g/mol. The molecule has 0 aliphatic heterocycles. The molecule has 1 aromatic heterocycles. The van der Waals surface area contributed by atoms with Crippen LogP contribution >= 0.6 is 0 Å². The van der Waals surface area contributed by atoms with Gasteiger partial charge in [-0.1, -0.05) is 0 Å². The van der Waals surface area contributed by atoms with E-state index in [9.17, 15) is 18.0 Å². The van der Waals surface area contributed by atoms with E-state index in [2.05, 4.69) is 10.2 Å². The van der Waals surface area contributed by atoms with Crippen molar-refractivity contribution in [1.82, 2.24) is 10.2 Å². The van der Waals surface area contributed by atoms with Crippen LogP contribution in [0.25, 0.3) is 17.3 Å². The smallest absolute Gasteiger partial charge is 0.186 e. The van der Waals surface area contributed by atoms with Crippen LogP contribution in [0.4, 0.5) is 13.2 Å². The predicted molar refractivity (Wildman–Crippen MR) is 90.3 cm³/mol. The largest absolute Gasteiger partial charge is 0.497 e. The fraction of sp³-hybridized carbons (Fsp3) is 0.0526. The minimum atomic E-state index is -1.09. The van der Waals surface area contributed by atoms with Gasteiger partial charge in [-0.3, -0.25) is 9.89 Å². The molecule has 0 spiro atoms. The third-order valence-electron chi connectivity index (χ3n) is 3.67. The first-order valence-electron chi connectivity index (χ1n) is 7.54. The van der Waals surface area contributed by atoms with Crippen LogP contribution in [-0.4, -0.2) is 23.1 Å². The van der Waals surface area contributed by atoms with Crippen molar-refractivity contribution < 1.29 is 22.7 Å². The quantitative estimate of drug-likeness (QED) is 0.543. The number of aromatic amines is 1. The van der Waals surface area contributed by atoms with Gasteiger partial charge in [0.05, 0.1) is 18.5 Å². The van der Waals surface area contributed by atoms with Crippen molar-refractivity contribution in [3.8, 4) is 17.0 Å². The van der Waals surface area contributed by atoms with Gasteiger partial charge in [0.25, 0.3) is 0 Å². The van der Waals surface area contributed by atoms with Crippen molar-refractivity contribution in [3.63, 3.8) is 0 Å². The highest BCUT2D eigenvalue weighted by Crippen LogP contribution is 2.25. The summed E-state index contributed by atoms with van der Waals surface area (Å²) in [6.07, 6.45) is 2.61. The lowest BCUT2D eigenvalue weighted by Crippen LogP contribution is -1.96. The van der Waals surface area contributed by atoms with Crippen LogP contribution in [-0.2, 0) is 0 Å². The Kier molecular flexibility index (Phi) is 4.88. The van der Waals surface area contributed by atoms with Gasteiger partial charge >= 0.3 is 0 Å². The van der Waals surface area contributed by atoms with Crippen molar-refractivity contribution in [2.24, 2.45) is 0 Å². The molecule has 0 radical (unpaired) electrons. The van der Waals surface area contributed by atoms with Crippen LogP contribution in [0.15, 0.2) is 48.5 Å². The normalized spacial score (nSPS) is 11.1. The van der Waals surface area contributed by atoms with E-state index in [4.69, 9.17) is 4.74 Å². The molecular weight excluding hydrogens is 345 g/mol. The Bertz CT molecular complexity index is 996. The molecule has 0 aliphatic rings. The number of carbonyl (C=O) groups excluding carboxylic acids is 1. The standard InChI is InChI=1S/C19H13F3N2O2/c1-26-13-4-5-14(16(21)10-13)18-9-12(23-24-18)3-7-19(25)11-2-6-15(20)17(22)8-11/h2-10H,1H3,(H,23,24). The fourth-order valence-electron chi connectivity index (χ4n) is 2.30. The summed E-state index contributed by atoms with van der Waals surface area (Å²) in [5, 5.41) is 6.67. The summed E-state index contributed by atoms with van der Waals surface area (Å²) in [6, 6.07) is 8.84. The summed E-state index contributed by atoms with van der Waals surface area (Å²) in [7, 11) is 1.44. The third kappa shape index (κ3) is 3.66. The second kappa shape index (κ2) is 7.26. The number of aromatic nitrogens is 2. The maximum atomic E-state index is 14.1. The van der Waals surface area contributed by atoms with Gasteiger partial charge in [-0.2, -0.15) is 5.10 Å². The van der Waals surface area contributed by atoms with Gasteiger partial charge in [0.15, 0.2) is 17.4 Å². The lowest BCUT2D eigenvalue weighted by molar-refractivity contribution is 0.104. The number of hydrogen-bond acceptors (Lipinski definition) is 3. The predicted octanol–water partition coefficient (Wildman–Crippen LogP) is 4.40. The SMILES string of the molecule is COc1ccc(-c2cc(C=CC(=O)c3ccc(F)c(F)c3)[nH]n2)c(F)c1. The van der Waals surface area contributed by atoms with E-state index in [1.807, 2.05) is 0 Å². The Morgan fingerprint density at radius 1 is 1.04 bits per heavy atom. The highest BCUT2D eigenvalue weighted by atomic mass is 19.2. The molecule has 7 heteroatoms. The molecule has 4 nitrogen and oxygen atoms in total. The summed E-state index contributed by atoms with van der Waals surface area (Å²) in [4.78, 5) is 12.0. The molecule has 0 saturated heterocycles. The number of halogens is 3. The average molecular weight is 358 g/mol. The molecule has 0 amide bonds. The van der Waals surface area contributed by atoms with E-state index < -0.39 is 23.2 Å². The van der Waals surface area contributed by atoms with Crippen LogP contribution in [0.5, 0.6) is 5.75 Å². The number of ether oxygens (including phenoxy) is 1. The van der Waals surface area contributed by atoms with Crippen molar-refractivity contribution in [2.45, 2.75) is 0 Å². The molecule has 2 aromatic carbocycles. The highest BCUT2D eigenvalue weighted by molar-refractivity contribution is 6.06. The number of rotatable bonds is 5. The van der Waals surface area contributed by atoms with Crippen LogP contribution in [0, 0.1) is 17.5 Å². The van der Waals surface area contributed by atoms with Gasteiger partial charge in [-0.15, -0.1) is 0 Å². The molecule has 1 heterocycles. The van der Waals surface area contributed by atoms with Gasteiger partial charge in [0.1, 0.15) is 11.6 Å². The molecule has 3 rings (SSSR count). The Balaban J connectivity index is 1.78. The van der Waals surface area contributed by atoms with Gasteiger partial charge in [-0.25, -0.2) is 13.2 Å². The summed E-state index contributed by atoms with van der Waals surface area (Å²) >= 11 is 0. The first kappa shape index (κ1) is 17.5. The first-order chi connectivity index (χ1) is 12.5. The minimum absolute atomic E-state index is 0.0149. The number of ketones is 1. The third-order valence-corrected chi connectivity index (χ3v) is 3.67. The van der Waals surface area contributed by atoms with E-state index in [0.717, 1.165) is 12.1 Å². The molecule has 0 bridgehead atoms. The number of carbonyl (C=O) groups is 1. The average Bonchev–Trinajstić information content (AvgIpc) is 3.10. The molecule has 132 valence electrons. The number of nitrogens with one attached hydrogen (secondary N) is 1. The van der Waals surface area contributed by atoms with Crippen molar-refractivity contribution in [1.29, 1.82) is 0 Å². The molecular formula is C19H13F3N2O2. The number of allylic oxidation sites excluding steroid dienone is 1. The topological polar surface area (TPSA) is 55.0 Å². The zero-order valence-corrected chi connectivity index (χ0v) is 13.6. The number of benzene rings is 2. The van der Waals surface area contributed by atoms with Crippen LogP contribution in [0.1, 0.15) is 16.1 Å². The molecule has 0 saturated carbocycles. The summed E-state index contributed by atoms with van der Waals surface area (Å²) < 4.78 is 45.1. The summed E-state index contributed by atoms with van der Waals surface area (Å²) in [5.74, 6) is -2.73. The van der Waals surface area contributed by atoms with Gasteiger partial charge in [0, 0.05) is 17.2 Å². The number of nitrogens with zero attached hydrogens (tertiary/aromatic N) is 1. The van der Waals surface area contributed by atoms with Crippen molar-refractivity contribution >= 4 is 11.9 Å². The van der Waals surface area contributed by atoms with E-state index in [-0.39, 0.29) is 11.1 Å². The molecule has 0 atom stereocenters. The molecule has 1 N–H and O–H groups in total. The Labute approximate surface area is 146 Å². The number of methoxy groups -OCH3 is 1. The van der Waals surface area contributed by atoms with E-state index in [0.29, 0.717) is 17.1 Å². The fourth-order valence-corrected chi connectivity index (χ4v) is 2.30. The van der Waals surface area contributed by atoms with Crippen LogP contribution in [0.2, 0.25) is 0 Å². The zero-order chi connectivity index (χ0) is 18.7. The van der Waals surface area contributed by atoms with Crippen LogP contribution in [0.3, 0.4) is 0 Å². The van der Waals surface area contributed by atoms with Gasteiger partial charge in [-0.05, 0) is 48.6 Å². The van der Waals surface area contributed by atoms with E-state index in [1.54, 1.807) is 12.1 Å². The first-order valence-corrected chi connectivity index (χ1v) is 7.54. The summed E-state index contributed by atoms with van der Waals surface area (Å²) in [5.41, 5.74) is 1.09. The Morgan fingerprint density at radius 2 is 1.85 bits per heavy atom. The molecule has 0 fully saturated rings. The highest BCUT2D eigenvalue weighted by Gasteiger charge is 2.10. The second-order valence-electron chi connectivity index (χ2n) is 5.38. The van der Waals surface area contributed by atoms with E-state index in [1.165, 1.54) is 37.5 Å². The maximum absolute atomic E-state index is 14.1. The minimum Gasteiger partial charge on any atom is -0.497 e. The molecule has 3 aromatic rings. The summed E-state index contributed by atoms with van der Waals surface area (Å²) in [6.45, 7) is 0. The van der Waals surface area contributed by atoms with Crippen molar-refractivity contribution in [3.05, 3.63) is 77.2 Å². The zero-order valence-electron chi connectivity index (χ0n) is 13.6. The van der Waals surface area contributed by atoms with Gasteiger partial charge < -0.3 is 4.74 Å². The number of hydrogen-bond donors (Lipinski definition) is 1. The Morgan fingerprint density at radius 3 is 2.54 bits per heavy atom. The van der Waals surface area contributed by atoms with Crippen LogP contribution < -0.4 is 4.74 Å². The maximum Gasteiger partial charge on any atom is 0.186 e. The Hall–Kier alpha value is -3.35. The molecule has 26 heavy (non-hydrogen) atoms. The second-order valence-corrected chi connectivity index (χ2v) is 5.38. The van der Waals surface area contributed by atoms with Crippen molar-refractivity contribution in [2.75, 3.05) is 7.11 Å². The molecule has 0 aliphatic carbocycles. The lowest BCUT2D eigenvalue weighted by Gasteiger charge is -2.02. The molecule has 0 unspecified atom stereocenters.